The lowest BCUT2D eigenvalue weighted by molar-refractivity contribution is -0.116. The summed E-state index contributed by atoms with van der Waals surface area (Å²) in [6.45, 7) is 1.85. The average molecular weight is 375 g/mol. The molecule has 3 rings (SSSR count). The van der Waals surface area contributed by atoms with Gasteiger partial charge in [-0.2, -0.15) is 0 Å². The minimum Gasteiger partial charge on any atom is -0.495 e. The van der Waals surface area contributed by atoms with Crippen molar-refractivity contribution in [3.8, 4) is 5.75 Å². The third-order valence-electron chi connectivity index (χ3n) is 4.57. The number of nitrogens with zero attached hydrogens (tertiary/aromatic N) is 3. The van der Waals surface area contributed by atoms with Crippen molar-refractivity contribution in [2.24, 2.45) is 5.92 Å². The van der Waals surface area contributed by atoms with Crippen molar-refractivity contribution in [3.63, 3.8) is 0 Å². The molecular formula is C19H23ClN4O2. The first kappa shape index (κ1) is 18.5. The Morgan fingerprint density at radius 2 is 2.19 bits per heavy atom. The van der Waals surface area contributed by atoms with Crippen LogP contribution in [0.2, 0.25) is 5.02 Å². The Morgan fingerprint density at radius 3 is 2.96 bits per heavy atom. The van der Waals surface area contributed by atoms with E-state index in [1.54, 1.807) is 37.7 Å². The van der Waals surface area contributed by atoms with Gasteiger partial charge in [-0.05, 0) is 49.4 Å². The largest absolute Gasteiger partial charge is 0.495 e. The Labute approximate surface area is 158 Å². The van der Waals surface area contributed by atoms with Crippen LogP contribution in [0.15, 0.2) is 36.7 Å². The number of methoxy groups -OCH3 is 1. The summed E-state index contributed by atoms with van der Waals surface area (Å²) < 4.78 is 5.26. The first-order valence-corrected chi connectivity index (χ1v) is 9.19. The SMILES string of the molecule is COc1ccc(Cl)cc1NC(=O)CCC1CCCN(c2ncccn2)C1. The molecule has 1 N–H and O–H groups in total. The highest BCUT2D eigenvalue weighted by atomic mass is 35.5. The van der Waals surface area contributed by atoms with Gasteiger partial charge in [0, 0.05) is 36.9 Å². The summed E-state index contributed by atoms with van der Waals surface area (Å²) in [5.41, 5.74) is 0.605. The van der Waals surface area contributed by atoms with Gasteiger partial charge >= 0.3 is 0 Å². The second-order valence-electron chi connectivity index (χ2n) is 6.43. The number of halogens is 1. The van der Waals surface area contributed by atoms with Crippen molar-refractivity contribution in [1.29, 1.82) is 0 Å². The number of anilines is 2. The number of benzene rings is 1. The highest BCUT2D eigenvalue weighted by Gasteiger charge is 2.22. The second kappa shape index (κ2) is 8.85. The molecule has 26 heavy (non-hydrogen) atoms. The van der Waals surface area contributed by atoms with Crippen LogP contribution >= 0.6 is 11.6 Å². The zero-order chi connectivity index (χ0) is 18.4. The molecule has 1 atom stereocenters. The Kier molecular flexibility index (Phi) is 6.28. The number of hydrogen-bond acceptors (Lipinski definition) is 5. The first-order valence-electron chi connectivity index (χ1n) is 8.81. The van der Waals surface area contributed by atoms with Crippen LogP contribution in [-0.2, 0) is 4.79 Å². The molecule has 0 aliphatic carbocycles. The molecule has 6 nitrogen and oxygen atoms in total. The van der Waals surface area contributed by atoms with Gasteiger partial charge in [0.2, 0.25) is 11.9 Å². The number of aromatic nitrogens is 2. The minimum absolute atomic E-state index is 0.0290. The summed E-state index contributed by atoms with van der Waals surface area (Å²) in [5.74, 6) is 1.80. The molecule has 1 aromatic heterocycles. The summed E-state index contributed by atoms with van der Waals surface area (Å²) in [6, 6.07) is 7.00. The molecule has 2 aromatic rings. The van der Waals surface area contributed by atoms with Gasteiger partial charge in [-0.15, -0.1) is 0 Å². The molecule has 138 valence electrons. The molecule has 1 saturated heterocycles. The fourth-order valence-corrected chi connectivity index (χ4v) is 3.43. The monoisotopic (exact) mass is 374 g/mol. The maximum Gasteiger partial charge on any atom is 0.225 e. The van der Waals surface area contributed by atoms with E-state index in [1.807, 2.05) is 6.07 Å². The topological polar surface area (TPSA) is 67.3 Å². The maximum absolute atomic E-state index is 12.3. The van der Waals surface area contributed by atoms with Crippen molar-refractivity contribution in [2.45, 2.75) is 25.7 Å². The van der Waals surface area contributed by atoms with E-state index in [4.69, 9.17) is 16.3 Å². The lowest BCUT2D eigenvalue weighted by atomic mass is 9.93. The van der Waals surface area contributed by atoms with Gasteiger partial charge in [0.15, 0.2) is 0 Å². The van der Waals surface area contributed by atoms with Crippen molar-refractivity contribution in [2.75, 3.05) is 30.4 Å². The van der Waals surface area contributed by atoms with Gasteiger partial charge in [0.25, 0.3) is 0 Å². The molecule has 1 amide bonds. The van der Waals surface area contributed by atoms with Crippen LogP contribution in [0.1, 0.15) is 25.7 Å². The third-order valence-corrected chi connectivity index (χ3v) is 4.80. The molecule has 2 heterocycles. The number of piperidine rings is 1. The van der Waals surface area contributed by atoms with E-state index < -0.39 is 0 Å². The van der Waals surface area contributed by atoms with Crippen molar-refractivity contribution >= 4 is 29.1 Å². The highest BCUT2D eigenvalue weighted by molar-refractivity contribution is 6.31. The highest BCUT2D eigenvalue weighted by Crippen LogP contribution is 2.28. The van der Waals surface area contributed by atoms with E-state index in [0.717, 1.165) is 38.3 Å². The number of ether oxygens (including phenoxy) is 1. The van der Waals surface area contributed by atoms with Gasteiger partial charge in [0.1, 0.15) is 5.75 Å². The molecule has 1 fully saturated rings. The summed E-state index contributed by atoms with van der Waals surface area (Å²) in [7, 11) is 1.57. The number of hydrogen-bond donors (Lipinski definition) is 1. The Bertz CT molecular complexity index is 742. The number of carbonyl (C=O) groups is 1. The molecule has 0 spiro atoms. The second-order valence-corrected chi connectivity index (χ2v) is 6.87. The third kappa shape index (κ3) is 4.85. The predicted octanol–water partition coefficient (Wildman–Crippen LogP) is 3.77. The van der Waals surface area contributed by atoms with Gasteiger partial charge < -0.3 is 15.0 Å². The Hall–Kier alpha value is -2.34. The van der Waals surface area contributed by atoms with Crippen LogP contribution in [0.5, 0.6) is 5.75 Å². The molecule has 0 bridgehead atoms. The minimum atomic E-state index is -0.0290. The Balaban J connectivity index is 1.52. The molecule has 7 heteroatoms. The van der Waals surface area contributed by atoms with Crippen molar-refractivity contribution < 1.29 is 9.53 Å². The molecule has 0 saturated carbocycles. The lowest BCUT2D eigenvalue weighted by Gasteiger charge is -2.32. The zero-order valence-corrected chi connectivity index (χ0v) is 15.6. The molecule has 1 aromatic carbocycles. The normalized spacial score (nSPS) is 17.0. The average Bonchev–Trinajstić information content (AvgIpc) is 2.67. The number of carbonyl (C=O) groups excluding carboxylic acids is 1. The number of amides is 1. The molecule has 0 radical (unpaired) electrons. The lowest BCUT2D eigenvalue weighted by Crippen LogP contribution is -2.36. The summed E-state index contributed by atoms with van der Waals surface area (Å²) >= 11 is 6.01. The van der Waals surface area contributed by atoms with Crippen LogP contribution in [-0.4, -0.2) is 36.1 Å². The van der Waals surface area contributed by atoms with Gasteiger partial charge in [-0.25, -0.2) is 9.97 Å². The maximum atomic E-state index is 12.3. The molecular weight excluding hydrogens is 352 g/mol. The van der Waals surface area contributed by atoms with E-state index in [0.29, 0.717) is 28.8 Å². The van der Waals surface area contributed by atoms with Crippen molar-refractivity contribution in [3.05, 3.63) is 41.7 Å². The fourth-order valence-electron chi connectivity index (χ4n) is 3.26. The first-order chi connectivity index (χ1) is 12.7. The summed E-state index contributed by atoms with van der Waals surface area (Å²) in [5, 5.41) is 3.46. The number of nitrogens with one attached hydrogen (secondary N) is 1. The molecule has 1 aliphatic rings. The van der Waals surface area contributed by atoms with Gasteiger partial charge in [0.05, 0.1) is 12.8 Å². The predicted molar refractivity (Wildman–Crippen MR) is 103 cm³/mol. The van der Waals surface area contributed by atoms with Crippen LogP contribution in [0.25, 0.3) is 0 Å². The quantitative estimate of drug-likeness (QED) is 0.833. The van der Waals surface area contributed by atoms with Crippen LogP contribution in [0.3, 0.4) is 0 Å². The summed E-state index contributed by atoms with van der Waals surface area (Å²) in [6.07, 6.45) is 7.03. The zero-order valence-electron chi connectivity index (χ0n) is 14.8. The summed E-state index contributed by atoms with van der Waals surface area (Å²) in [4.78, 5) is 23.2. The van der Waals surface area contributed by atoms with E-state index in [1.165, 1.54) is 0 Å². The fraction of sp³-hybridized carbons (Fsp3) is 0.421. The van der Waals surface area contributed by atoms with E-state index in [2.05, 4.69) is 20.2 Å². The van der Waals surface area contributed by atoms with E-state index in [9.17, 15) is 4.79 Å². The smallest absolute Gasteiger partial charge is 0.225 e. The van der Waals surface area contributed by atoms with Gasteiger partial charge in [-0.3, -0.25) is 4.79 Å². The standard InChI is InChI=1S/C19H23ClN4O2/c1-26-17-7-6-15(20)12-16(17)23-18(25)8-5-14-4-2-11-24(13-14)19-21-9-3-10-22-19/h3,6-7,9-10,12,14H,2,4-5,8,11,13H2,1H3,(H,23,25). The van der Waals surface area contributed by atoms with Crippen molar-refractivity contribution in [1.82, 2.24) is 9.97 Å². The Morgan fingerprint density at radius 1 is 1.38 bits per heavy atom. The number of rotatable bonds is 6. The van der Waals surface area contributed by atoms with Crippen LogP contribution < -0.4 is 15.0 Å². The van der Waals surface area contributed by atoms with E-state index >= 15 is 0 Å². The van der Waals surface area contributed by atoms with Crippen LogP contribution in [0, 0.1) is 5.92 Å². The van der Waals surface area contributed by atoms with Gasteiger partial charge in [-0.1, -0.05) is 11.6 Å². The molecule has 1 aliphatic heterocycles. The van der Waals surface area contributed by atoms with E-state index in [-0.39, 0.29) is 5.91 Å². The van der Waals surface area contributed by atoms with Crippen LogP contribution in [0.4, 0.5) is 11.6 Å². The molecule has 1 unspecified atom stereocenters.